The van der Waals surface area contributed by atoms with Gasteiger partial charge in [0.2, 0.25) is 0 Å². The number of nitrogen functional groups attached to an aromatic ring is 1. The van der Waals surface area contributed by atoms with Gasteiger partial charge in [-0.1, -0.05) is 36.4 Å². The molecule has 8 heteroatoms. The summed E-state index contributed by atoms with van der Waals surface area (Å²) >= 11 is 0. The number of anilines is 3. The Kier molecular flexibility index (Phi) is 7.16. The Morgan fingerprint density at radius 1 is 0.944 bits per heavy atom. The van der Waals surface area contributed by atoms with Gasteiger partial charge < -0.3 is 25.8 Å². The lowest BCUT2D eigenvalue weighted by Crippen LogP contribution is -2.37. The van der Waals surface area contributed by atoms with Crippen molar-refractivity contribution in [2.75, 3.05) is 36.1 Å². The van der Waals surface area contributed by atoms with E-state index in [1.54, 1.807) is 48.5 Å². The predicted molar refractivity (Wildman–Crippen MR) is 139 cm³/mol. The quantitative estimate of drug-likeness (QED) is 0.334. The molecule has 2 unspecified atom stereocenters. The summed E-state index contributed by atoms with van der Waals surface area (Å²) in [5, 5.41) is 9.08. The van der Waals surface area contributed by atoms with E-state index in [9.17, 15) is 9.59 Å². The second-order valence-electron chi connectivity index (χ2n) is 9.32. The SMILES string of the molecule is Nc1ccccc1NC(=O)c1ccc(NC(=O)OCc2ccc(C3CC3NCC3COC3)cc2)cc1. The highest BCUT2D eigenvalue weighted by molar-refractivity contribution is 6.06. The number of nitrogens with two attached hydrogens (primary N) is 1. The molecule has 5 rings (SSSR count). The van der Waals surface area contributed by atoms with E-state index in [4.69, 9.17) is 15.2 Å². The summed E-state index contributed by atoms with van der Waals surface area (Å²) in [5.74, 6) is 0.931. The molecule has 0 bridgehead atoms. The summed E-state index contributed by atoms with van der Waals surface area (Å²) in [6.45, 7) is 2.96. The number of benzene rings is 3. The zero-order chi connectivity index (χ0) is 24.9. The number of hydrogen-bond donors (Lipinski definition) is 4. The molecule has 8 nitrogen and oxygen atoms in total. The molecule has 0 aromatic heterocycles. The number of para-hydroxylation sites is 2. The van der Waals surface area contributed by atoms with Crippen LogP contribution in [0.25, 0.3) is 0 Å². The highest BCUT2D eigenvalue weighted by atomic mass is 16.5. The fourth-order valence-corrected chi connectivity index (χ4v) is 4.18. The van der Waals surface area contributed by atoms with Crippen LogP contribution in [0.2, 0.25) is 0 Å². The van der Waals surface area contributed by atoms with Gasteiger partial charge >= 0.3 is 6.09 Å². The first kappa shape index (κ1) is 23.8. The zero-order valence-corrected chi connectivity index (χ0v) is 19.9. The van der Waals surface area contributed by atoms with Gasteiger partial charge in [0.05, 0.1) is 24.6 Å². The Balaban J connectivity index is 1.05. The monoisotopic (exact) mass is 486 g/mol. The van der Waals surface area contributed by atoms with Crippen molar-refractivity contribution in [1.82, 2.24) is 5.32 Å². The number of amides is 2. The number of carbonyl (C=O) groups excluding carboxylic acids is 2. The van der Waals surface area contributed by atoms with Crippen LogP contribution in [0.4, 0.5) is 21.9 Å². The first-order valence-corrected chi connectivity index (χ1v) is 12.1. The van der Waals surface area contributed by atoms with Gasteiger partial charge in [0.1, 0.15) is 6.61 Å². The zero-order valence-electron chi connectivity index (χ0n) is 19.9. The molecule has 36 heavy (non-hydrogen) atoms. The topological polar surface area (TPSA) is 115 Å². The van der Waals surface area contributed by atoms with Crippen molar-refractivity contribution in [2.24, 2.45) is 5.92 Å². The Labute approximate surface area is 210 Å². The number of nitrogens with one attached hydrogen (secondary N) is 3. The molecular formula is C28H30N4O4. The summed E-state index contributed by atoms with van der Waals surface area (Å²) in [5.41, 5.74) is 10.1. The molecule has 3 aromatic rings. The summed E-state index contributed by atoms with van der Waals surface area (Å²) in [6.07, 6.45) is 0.604. The average Bonchev–Trinajstić information content (AvgIpc) is 3.63. The van der Waals surface area contributed by atoms with Gasteiger partial charge in [0.15, 0.2) is 0 Å². The Morgan fingerprint density at radius 3 is 2.39 bits per heavy atom. The Hall–Kier alpha value is -3.88. The minimum atomic E-state index is -0.556. The van der Waals surface area contributed by atoms with Gasteiger partial charge in [-0.15, -0.1) is 0 Å². The molecule has 3 aromatic carbocycles. The molecule has 1 heterocycles. The second kappa shape index (κ2) is 10.8. The molecular weight excluding hydrogens is 456 g/mol. The number of rotatable bonds is 9. The minimum Gasteiger partial charge on any atom is -0.444 e. The van der Waals surface area contributed by atoms with Crippen LogP contribution in [-0.4, -0.2) is 37.8 Å². The minimum absolute atomic E-state index is 0.180. The number of carbonyl (C=O) groups is 2. The fourth-order valence-electron chi connectivity index (χ4n) is 4.18. The van der Waals surface area contributed by atoms with Crippen LogP contribution in [0.3, 0.4) is 0 Å². The van der Waals surface area contributed by atoms with Gasteiger partial charge in [0.25, 0.3) is 5.91 Å². The molecule has 2 fully saturated rings. The molecule has 5 N–H and O–H groups in total. The van der Waals surface area contributed by atoms with Crippen LogP contribution in [-0.2, 0) is 16.1 Å². The summed E-state index contributed by atoms with van der Waals surface area (Å²) in [6, 6.07) is 22.4. The van der Waals surface area contributed by atoms with E-state index in [0.29, 0.717) is 40.5 Å². The lowest BCUT2D eigenvalue weighted by Gasteiger charge is -2.26. The first-order valence-electron chi connectivity index (χ1n) is 12.1. The maximum Gasteiger partial charge on any atom is 0.411 e. The molecule has 2 atom stereocenters. The van der Waals surface area contributed by atoms with Crippen molar-refractivity contribution in [3.05, 3.63) is 89.5 Å². The van der Waals surface area contributed by atoms with Gasteiger partial charge in [-0.05, 0) is 53.9 Å². The van der Waals surface area contributed by atoms with Crippen LogP contribution < -0.4 is 21.7 Å². The van der Waals surface area contributed by atoms with Crippen molar-refractivity contribution in [3.8, 4) is 0 Å². The van der Waals surface area contributed by atoms with Gasteiger partial charge in [0, 0.05) is 35.7 Å². The van der Waals surface area contributed by atoms with E-state index < -0.39 is 6.09 Å². The molecule has 1 aliphatic heterocycles. The molecule has 0 radical (unpaired) electrons. The summed E-state index contributed by atoms with van der Waals surface area (Å²) < 4.78 is 10.6. The third kappa shape index (κ3) is 6.02. The van der Waals surface area contributed by atoms with E-state index in [1.807, 2.05) is 12.1 Å². The molecule has 0 spiro atoms. The molecule has 1 saturated heterocycles. The number of ether oxygens (including phenoxy) is 2. The average molecular weight is 487 g/mol. The summed E-state index contributed by atoms with van der Waals surface area (Å²) in [7, 11) is 0. The van der Waals surface area contributed by atoms with Crippen molar-refractivity contribution in [2.45, 2.75) is 25.0 Å². The van der Waals surface area contributed by atoms with E-state index in [0.717, 1.165) is 31.7 Å². The lowest BCUT2D eigenvalue weighted by atomic mass is 10.1. The fraction of sp³-hybridized carbons (Fsp3) is 0.286. The Morgan fingerprint density at radius 2 is 1.69 bits per heavy atom. The second-order valence-corrected chi connectivity index (χ2v) is 9.32. The maximum atomic E-state index is 12.4. The van der Waals surface area contributed by atoms with Crippen molar-refractivity contribution in [1.29, 1.82) is 0 Å². The molecule has 186 valence electrons. The van der Waals surface area contributed by atoms with Crippen molar-refractivity contribution in [3.63, 3.8) is 0 Å². The third-order valence-electron chi connectivity index (χ3n) is 6.55. The molecule has 2 amide bonds. The highest BCUT2D eigenvalue weighted by Gasteiger charge is 2.38. The maximum absolute atomic E-state index is 12.4. The highest BCUT2D eigenvalue weighted by Crippen LogP contribution is 2.41. The van der Waals surface area contributed by atoms with Crippen LogP contribution in [0, 0.1) is 5.92 Å². The first-order chi connectivity index (χ1) is 17.5. The standard InChI is InChI=1S/C28H30N4O4/c29-24-3-1-2-4-25(24)32-27(33)21-9-11-22(12-10-21)31-28(34)36-17-18-5-7-20(8-6-18)23-13-26(23)30-14-19-15-35-16-19/h1-12,19,23,26,30H,13-17,29H2,(H,31,34)(H,32,33). The van der Waals surface area contributed by atoms with Crippen LogP contribution in [0.5, 0.6) is 0 Å². The number of hydrogen-bond acceptors (Lipinski definition) is 6. The van der Waals surface area contributed by atoms with Crippen LogP contribution >= 0.6 is 0 Å². The van der Waals surface area contributed by atoms with Crippen molar-refractivity contribution >= 4 is 29.1 Å². The van der Waals surface area contributed by atoms with Gasteiger partial charge in [-0.25, -0.2) is 4.79 Å². The molecule has 1 aliphatic carbocycles. The third-order valence-corrected chi connectivity index (χ3v) is 6.55. The molecule has 1 saturated carbocycles. The molecule has 2 aliphatic rings. The van der Waals surface area contributed by atoms with E-state index in [-0.39, 0.29) is 12.5 Å². The van der Waals surface area contributed by atoms with E-state index in [2.05, 4.69) is 28.1 Å². The largest absolute Gasteiger partial charge is 0.444 e. The van der Waals surface area contributed by atoms with E-state index >= 15 is 0 Å². The lowest BCUT2D eigenvalue weighted by molar-refractivity contribution is -0.0308. The van der Waals surface area contributed by atoms with Gasteiger partial charge in [-0.3, -0.25) is 10.1 Å². The van der Waals surface area contributed by atoms with E-state index in [1.165, 1.54) is 5.56 Å². The predicted octanol–water partition coefficient (Wildman–Crippen LogP) is 4.36. The van der Waals surface area contributed by atoms with Crippen LogP contribution in [0.1, 0.15) is 33.8 Å². The normalized spacial score (nSPS) is 18.7. The van der Waals surface area contributed by atoms with Crippen LogP contribution in [0.15, 0.2) is 72.8 Å². The smallest absolute Gasteiger partial charge is 0.411 e. The Bertz CT molecular complexity index is 1210. The summed E-state index contributed by atoms with van der Waals surface area (Å²) in [4.78, 5) is 24.7. The van der Waals surface area contributed by atoms with Crippen molar-refractivity contribution < 1.29 is 19.1 Å². The van der Waals surface area contributed by atoms with Gasteiger partial charge in [-0.2, -0.15) is 0 Å².